The minimum Gasteiger partial charge on any atom is -0.784 e. The van der Waals surface area contributed by atoms with E-state index >= 15 is 0 Å². The van der Waals surface area contributed by atoms with Gasteiger partial charge in [-0.15, -0.1) is 0 Å². The molecule has 0 radical (unpaired) electrons. The minimum atomic E-state index is -0.637. The van der Waals surface area contributed by atoms with Crippen LogP contribution in [0.1, 0.15) is 40.5 Å². The molecule has 1 atom stereocenters. The van der Waals surface area contributed by atoms with Crippen LogP contribution in [0, 0.1) is 5.21 Å². The summed E-state index contributed by atoms with van der Waals surface area (Å²) in [4.78, 5) is 0. The number of rotatable bonds is 0. The highest BCUT2D eigenvalue weighted by molar-refractivity contribution is 5.01. The first-order chi connectivity index (χ1) is 5.28. The van der Waals surface area contributed by atoms with Crippen molar-refractivity contribution in [3.63, 3.8) is 0 Å². The Kier molecular flexibility index (Phi) is 2.23. The van der Waals surface area contributed by atoms with Crippen LogP contribution in [0.15, 0.2) is 0 Å². The van der Waals surface area contributed by atoms with Crippen molar-refractivity contribution in [2.24, 2.45) is 0 Å². The summed E-state index contributed by atoms with van der Waals surface area (Å²) in [5.41, 5.74) is -0.968. The molecule has 1 aliphatic heterocycles. The van der Waals surface area contributed by atoms with E-state index in [1.807, 2.05) is 13.8 Å². The molecule has 72 valence electrons. The predicted molar refractivity (Wildman–Crippen MR) is 48.6 cm³/mol. The molecule has 0 aliphatic carbocycles. The second-order valence-corrected chi connectivity index (χ2v) is 4.81. The van der Waals surface area contributed by atoms with E-state index < -0.39 is 11.6 Å². The molecule has 0 saturated carbocycles. The lowest BCUT2D eigenvalue weighted by atomic mass is 9.80. The van der Waals surface area contributed by atoms with Crippen molar-refractivity contribution in [1.82, 2.24) is 5.06 Å². The molecule has 0 spiro atoms. The molecule has 1 fully saturated rings. The topological polar surface area (TPSA) is 46.5 Å². The molecule has 1 rings (SSSR count). The Hall–Kier alpha value is -0.120. The third kappa shape index (κ3) is 1.37. The normalized spacial score (nSPS) is 35.0. The van der Waals surface area contributed by atoms with Crippen molar-refractivity contribution in [2.45, 2.75) is 57.7 Å². The molecule has 1 aliphatic rings. The zero-order chi connectivity index (χ0) is 9.57. The van der Waals surface area contributed by atoms with E-state index in [1.165, 1.54) is 0 Å². The summed E-state index contributed by atoms with van der Waals surface area (Å²) in [7, 11) is 0. The third-order valence-corrected chi connectivity index (χ3v) is 2.92. The molecule has 1 heterocycles. The summed E-state index contributed by atoms with van der Waals surface area (Å²) >= 11 is 0. The van der Waals surface area contributed by atoms with Crippen molar-refractivity contribution in [3.8, 4) is 0 Å². The summed E-state index contributed by atoms with van der Waals surface area (Å²) in [6, 6.07) is 0. The molecule has 1 N–H and O–H groups in total. The van der Waals surface area contributed by atoms with Crippen LogP contribution in [0.3, 0.4) is 0 Å². The zero-order valence-electron chi connectivity index (χ0n) is 8.29. The van der Waals surface area contributed by atoms with Gasteiger partial charge >= 0.3 is 0 Å². The van der Waals surface area contributed by atoms with Crippen molar-refractivity contribution in [1.29, 1.82) is 0 Å². The number of piperidine rings is 1. The van der Waals surface area contributed by atoms with Gasteiger partial charge in [0.05, 0.1) is 6.10 Å². The van der Waals surface area contributed by atoms with E-state index in [0.29, 0.717) is 0 Å². The molecule has 0 aromatic heterocycles. The van der Waals surface area contributed by atoms with E-state index in [-0.39, 0.29) is 5.54 Å². The lowest BCUT2D eigenvalue weighted by molar-refractivity contribution is -0.0758. The Morgan fingerprint density at radius 2 is 1.83 bits per heavy atom. The van der Waals surface area contributed by atoms with Crippen LogP contribution in [0.25, 0.3) is 0 Å². The summed E-state index contributed by atoms with van der Waals surface area (Å²) in [5, 5.41) is 22.4. The molecule has 0 bridgehead atoms. The molecule has 12 heavy (non-hydrogen) atoms. The Morgan fingerprint density at radius 1 is 1.33 bits per heavy atom. The fourth-order valence-corrected chi connectivity index (χ4v) is 1.86. The second kappa shape index (κ2) is 2.69. The molecule has 0 aromatic rings. The fraction of sp³-hybridized carbons (Fsp3) is 1.00. The Balaban J connectivity index is 2.86. The SMILES string of the molecule is CC1(C)CCC(O)C(C)(C)N1[O-]. The van der Waals surface area contributed by atoms with Gasteiger partial charge in [-0.05, 0) is 40.5 Å². The van der Waals surface area contributed by atoms with Crippen molar-refractivity contribution in [3.05, 3.63) is 5.21 Å². The first-order valence-electron chi connectivity index (χ1n) is 4.44. The summed E-state index contributed by atoms with van der Waals surface area (Å²) in [5.74, 6) is 0. The highest BCUT2D eigenvalue weighted by atomic mass is 16.5. The first kappa shape index (κ1) is 9.96. The van der Waals surface area contributed by atoms with E-state index in [1.54, 1.807) is 13.8 Å². The van der Waals surface area contributed by atoms with Crippen molar-refractivity contribution in [2.75, 3.05) is 0 Å². The van der Waals surface area contributed by atoms with E-state index in [0.717, 1.165) is 17.9 Å². The highest BCUT2D eigenvalue weighted by Crippen LogP contribution is 2.37. The number of nitrogens with zero attached hydrogens (tertiary/aromatic N) is 1. The van der Waals surface area contributed by atoms with Gasteiger partial charge in [-0.1, -0.05) is 0 Å². The van der Waals surface area contributed by atoms with Crippen LogP contribution in [0.5, 0.6) is 0 Å². The van der Waals surface area contributed by atoms with Crippen LogP contribution in [-0.2, 0) is 0 Å². The van der Waals surface area contributed by atoms with Gasteiger partial charge in [-0.25, -0.2) is 0 Å². The van der Waals surface area contributed by atoms with Gasteiger partial charge in [0.25, 0.3) is 0 Å². The van der Waals surface area contributed by atoms with E-state index in [9.17, 15) is 10.3 Å². The molecular weight excluding hydrogens is 154 g/mol. The molecule has 3 nitrogen and oxygen atoms in total. The van der Waals surface area contributed by atoms with Gasteiger partial charge in [0.15, 0.2) is 0 Å². The summed E-state index contributed by atoms with van der Waals surface area (Å²) in [6.45, 7) is 7.44. The fourth-order valence-electron chi connectivity index (χ4n) is 1.86. The van der Waals surface area contributed by atoms with Crippen molar-refractivity contribution < 1.29 is 5.11 Å². The summed E-state index contributed by atoms with van der Waals surface area (Å²) in [6.07, 6.45) is 0.989. The van der Waals surface area contributed by atoms with Crippen molar-refractivity contribution >= 4 is 0 Å². The maximum absolute atomic E-state index is 11.7. The monoisotopic (exact) mass is 172 g/mol. The first-order valence-corrected chi connectivity index (χ1v) is 4.44. The van der Waals surface area contributed by atoms with E-state index in [2.05, 4.69) is 0 Å². The number of hydrogen-bond acceptors (Lipinski definition) is 3. The average molecular weight is 172 g/mol. The smallest absolute Gasteiger partial charge is 0.0710 e. The minimum absolute atomic E-state index is 0.331. The van der Waals surface area contributed by atoms with Crippen LogP contribution >= 0.6 is 0 Å². The third-order valence-electron chi connectivity index (χ3n) is 2.92. The quantitative estimate of drug-likeness (QED) is 0.602. The predicted octanol–water partition coefficient (Wildman–Crippen LogP) is 1.50. The van der Waals surface area contributed by atoms with Gasteiger partial charge in [-0.2, -0.15) is 0 Å². The van der Waals surface area contributed by atoms with Crippen LogP contribution in [0.2, 0.25) is 0 Å². The molecule has 3 heteroatoms. The van der Waals surface area contributed by atoms with Gasteiger partial charge < -0.3 is 15.4 Å². The van der Waals surface area contributed by atoms with Gasteiger partial charge in [-0.3, -0.25) is 0 Å². The van der Waals surface area contributed by atoms with Crippen LogP contribution in [0.4, 0.5) is 0 Å². The maximum atomic E-state index is 11.7. The average Bonchev–Trinajstić information content (AvgIpc) is 1.96. The Labute approximate surface area is 74.0 Å². The number of aliphatic hydroxyl groups is 1. The van der Waals surface area contributed by atoms with Crippen LogP contribution < -0.4 is 0 Å². The zero-order valence-corrected chi connectivity index (χ0v) is 8.29. The second-order valence-electron chi connectivity index (χ2n) is 4.81. The Morgan fingerprint density at radius 3 is 2.25 bits per heavy atom. The maximum Gasteiger partial charge on any atom is 0.0710 e. The molecule has 0 aromatic carbocycles. The lowest BCUT2D eigenvalue weighted by Gasteiger charge is -2.59. The lowest BCUT2D eigenvalue weighted by Crippen LogP contribution is -2.61. The van der Waals surface area contributed by atoms with Gasteiger partial charge in [0.1, 0.15) is 0 Å². The molecule has 0 amide bonds. The van der Waals surface area contributed by atoms with Crippen LogP contribution in [-0.4, -0.2) is 27.4 Å². The standard InChI is InChI=1S/C9H18NO2/c1-8(2)6-5-7(11)9(3,4)10(8)12/h7,11H,5-6H2,1-4H3/q-1. The molecule has 1 saturated heterocycles. The summed E-state index contributed by atoms with van der Waals surface area (Å²) < 4.78 is 0. The number of hydroxylamine groups is 2. The Bertz CT molecular complexity index is 177. The molecular formula is C9H18NO2-. The van der Waals surface area contributed by atoms with Gasteiger partial charge in [0.2, 0.25) is 0 Å². The molecule has 1 unspecified atom stereocenters. The number of hydrogen-bond donors (Lipinski definition) is 1. The largest absolute Gasteiger partial charge is 0.784 e. The number of aliphatic hydroxyl groups excluding tert-OH is 1. The van der Waals surface area contributed by atoms with Gasteiger partial charge in [0, 0.05) is 11.1 Å². The van der Waals surface area contributed by atoms with E-state index in [4.69, 9.17) is 0 Å². The highest BCUT2D eigenvalue weighted by Gasteiger charge is 2.40.